The highest BCUT2D eigenvalue weighted by atomic mass is 32.1. The molecule has 3 nitrogen and oxygen atoms in total. The zero-order chi connectivity index (χ0) is 20.0. The number of rotatable bonds is 4. The molecule has 0 radical (unpaired) electrons. The monoisotopic (exact) mass is 402 g/mol. The number of thiocarbonyl (C=S) groups is 1. The predicted octanol–water partition coefficient (Wildman–Crippen LogP) is 3.14. The molecule has 1 N–H and O–H groups in total. The fourth-order valence-electron chi connectivity index (χ4n) is 3.29. The number of carbonyl (C=O) groups excluding carboxylic acids is 1. The first-order valence-electron chi connectivity index (χ1n) is 8.76. The molecule has 138 valence electrons. The average Bonchev–Trinajstić information content (AvgIpc) is 2.73. The van der Waals surface area contributed by atoms with Crippen molar-refractivity contribution >= 4 is 51.2 Å². The van der Waals surface area contributed by atoms with Crippen LogP contribution in [0.4, 0.5) is 0 Å². The number of nitriles is 1. The van der Waals surface area contributed by atoms with E-state index in [1.54, 1.807) is 0 Å². The minimum atomic E-state index is -2.58. The second-order valence-electron chi connectivity index (χ2n) is 6.15. The van der Waals surface area contributed by atoms with Crippen LogP contribution < -0.4 is 21.2 Å². The van der Waals surface area contributed by atoms with E-state index in [1.165, 1.54) is 6.92 Å². The molecule has 28 heavy (non-hydrogen) atoms. The minimum Gasteiger partial charge on any atom is -0.316 e. The van der Waals surface area contributed by atoms with Gasteiger partial charge in [0.15, 0.2) is 0 Å². The Morgan fingerprint density at radius 1 is 0.821 bits per heavy atom. The van der Waals surface area contributed by atoms with Crippen molar-refractivity contribution < 1.29 is 4.79 Å². The fraction of sp³-hybridized carbons (Fsp3) is 0.0435. The van der Waals surface area contributed by atoms with E-state index in [0.29, 0.717) is 5.29 Å². The Bertz CT molecular complexity index is 984. The van der Waals surface area contributed by atoms with Gasteiger partial charge in [-0.15, -0.1) is 0 Å². The topological polar surface area (TPSA) is 52.9 Å². The second kappa shape index (κ2) is 8.80. The highest BCUT2D eigenvalue weighted by Gasteiger charge is 2.32. The van der Waals surface area contributed by atoms with Crippen LogP contribution in [0.2, 0.25) is 0 Å². The summed E-state index contributed by atoms with van der Waals surface area (Å²) in [7, 11) is 0. The molecular formula is C23H19N2OPS. The van der Waals surface area contributed by atoms with Crippen molar-refractivity contribution in [2.45, 2.75) is 6.92 Å². The quantitative estimate of drug-likeness (QED) is 0.539. The maximum atomic E-state index is 11.7. The molecule has 0 atom stereocenters. The van der Waals surface area contributed by atoms with Crippen LogP contribution >= 0.6 is 19.1 Å². The SMILES string of the molecule is CC(=O)NC(=S)C(C#N)=P(c1ccccc1)(c1ccccc1)c1ccccc1. The number of benzene rings is 3. The number of amides is 1. The normalized spacial score (nSPS) is 10.6. The van der Waals surface area contributed by atoms with E-state index in [1.807, 2.05) is 91.0 Å². The Labute approximate surface area is 170 Å². The molecule has 0 aromatic heterocycles. The summed E-state index contributed by atoms with van der Waals surface area (Å²) in [6.07, 6.45) is 0. The molecule has 3 aromatic carbocycles. The van der Waals surface area contributed by atoms with Crippen LogP contribution in [0.3, 0.4) is 0 Å². The van der Waals surface area contributed by atoms with E-state index in [4.69, 9.17) is 12.2 Å². The smallest absolute Gasteiger partial charge is 0.221 e. The molecule has 0 aliphatic rings. The summed E-state index contributed by atoms with van der Waals surface area (Å²) < 4.78 is 0. The van der Waals surface area contributed by atoms with Gasteiger partial charge in [0, 0.05) is 6.92 Å². The molecular weight excluding hydrogens is 383 g/mol. The molecule has 0 heterocycles. The molecule has 0 aliphatic heterocycles. The van der Waals surface area contributed by atoms with Crippen LogP contribution in [0.25, 0.3) is 0 Å². The average molecular weight is 402 g/mol. The summed E-state index contributed by atoms with van der Waals surface area (Å²) in [5.74, 6) is -0.287. The van der Waals surface area contributed by atoms with Gasteiger partial charge < -0.3 is 5.32 Å². The molecule has 0 fully saturated rings. The summed E-state index contributed by atoms with van der Waals surface area (Å²) in [6, 6.07) is 32.2. The lowest BCUT2D eigenvalue weighted by Crippen LogP contribution is -2.38. The van der Waals surface area contributed by atoms with Gasteiger partial charge in [0.1, 0.15) is 11.1 Å². The zero-order valence-electron chi connectivity index (χ0n) is 15.4. The Morgan fingerprint density at radius 3 is 1.46 bits per heavy atom. The zero-order valence-corrected chi connectivity index (χ0v) is 17.1. The van der Waals surface area contributed by atoms with Crippen molar-refractivity contribution in [3.05, 3.63) is 91.0 Å². The maximum Gasteiger partial charge on any atom is 0.221 e. The van der Waals surface area contributed by atoms with Crippen LogP contribution in [-0.4, -0.2) is 16.2 Å². The standard InChI is InChI=1S/C23H19N2OPS/c1-18(26)25-23(28)22(17-24)27(19-11-5-2-6-12-19,20-13-7-3-8-14-20)21-15-9-4-10-16-21/h2-16H,1H3,(H,25,26,28). The van der Waals surface area contributed by atoms with Gasteiger partial charge in [-0.2, -0.15) is 5.26 Å². The third-order valence-corrected chi connectivity index (χ3v) is 9.05. The number of carbonyl (C=O) groups is 1. The van der Waals surface area contributed by atoms with Gasteiger partial charge >= 0.3 is 0 Å². The number of nitrogens with zero attached hydrogens (tertiary/aromatic N) is 1. The van der Waals surface area contributed by atoms with Gasteiger partial charge in [-0.05, 0) is 22.8 Å². The van der Waals surface area contributed by atoms with E-state index in [2.05, 4.69) is 11.4 Å². The number of nitrogens with one attached hydrogen (secondary N) is 1. The van der Waals surface area contributed by atoms with Crippen molar-refractivity contribution in [1.29, 1.82) is 5.26 Å². The molecule has 0 saturated carbocycles. The number of hydrogen-bond acceptors (Lipinski definition) is 3. The molecule has 0 saturated heterocycles. The van der Waals surface area contributed by atoms with Crippen LogP contribution in [0.5, 0.6) is 0 Å². The summed E-state index contributed by atoms with van der Waals surface area (Å²) in [5, 5.41) is 16.4. The number of hydrogen-bond donors (Lipinski definition) is 1. The fourth-order valence-corrected chi connectivity index (χ4v) is 7.92. The first-order valence-corrected chi connectivity index (χ1v) is 11.0. The van der Waals surface area contributed by atoms with Crippen LogP contribution in [0.15, 0.2) is 91.0 Å². The first kappa shape index (κ1) is 19.8. The molecule has 0 spiro atoms. The highest BCUT2D eigenvalue weighted by molar-refractivity contribution is 7.99. The Morgan fingerprint density at radius 2 is 1.18 bits per heavy atom. The summed E-state index contributed by atoms with van der Waals surface area (Å²) in [5.41, 5.74) is 0. The van der Waals surface area contributed by atoms with Crippen LogP contribution in [0, 0.1) is 11.3 Å². The van der Waals surface area contributed by atoms with Gasteiger partial charge in [-0.3, -0.25) is 4.79 Å². The Kier molecular flexibility index (Phi) is 6.21. The second-order valence-corrected chi connectivity index (χ2v) is 9.89. The lowest BCUT2D eigenvalue weighted by atomic mass is 10.3. The third-order valence-electron chi connectivity index (χ3n) is 4.38. The van der Waals surface area contributed by atoms with Crippen molar-refractivity contribution in [3.63, 3.8) is 0 Å². The lowest BCUT2D eigenvalue weighted by molar-refractivity contribution is -0.117. The Balaban J connectivity index is 2.55. The van der Waals surface area contributed by atoms with Gasteiger partial charge in [-0.25, -0.2) is 0 Å². The maximum absolute atomic E-state index is 11.7. The van der Waals surface area contributed by atoms with E-state index in [9.17, 15) is 10.1 Å². The minimum absolute atomic E-state index is 0.180. The highest BCUT2D eigenvalue weighted by Crippen LogP contribution is 2.46. The van der Waals surface area contributed by atoms with E-state index < -0.39 is 6.89 Å². The summed E-state index contributed by atoms with van der Waals surface area (Å²) in [6.45, 7) is -1.18. The van der Waals surface area contributed by atoms with Crippen LogP contribution in [-0.2, 0) is 4.79 Å². The van der Waals surface area contributed by atoms with Crippen molar-refractivity contribution in [2.24, 2.45) is 0 Å². The molecule has 3 aromatic rings. The van der Waals surface area contributed by atoms with Gasteiger partial charge in [-0.1, -0.05) is 103 Å². The van der Waals surface area contributed by atoms with Gasteiger partial charge in [0.25, 0.3) is 0 Å². The molecule has 0 bridgehead atoms. The van der Waals surface area contributed by atoms with Gasteiger partial charge in [0.05, 0.1) is 5.29 Å². The lowest BCUT2D eigenvalue weighted by Gasteiger charge is -2.30. The summed E-state index contributed by atoms with van der Waals surface area (Å²) in [4.78, 5) is 11.9. The molecule has 3 rings (SSSR count). The molecule has 0 unspecified atom stereocenters. The third kappa shape index (κ3) is 3.68. The largest absolute Gasteiger partial charge is 0.316 e. The van der Waals surface area contributed by atoms with Crippen molar-refractivity contribution in [2.75, 3.05) is 0 Å². The van der Waals surface area contributed by atoms with E-state index in [-0.39, 0.29) is 10.9 Å². The first-order chi connectivity index (χ1) is 13.6. The molecule has 0 aliphatic carbocycles. The van der Waals surface area contributed by atoms with Crippen LogP contribution in [0.1, 0.15) is 6.92 Å². The predicted molar refractivity (Wildman–Crippen MR) is 122 cm³/mol. The van der Waals surface area contributed by atoms with E-state index >= 15 is 0 Å². The summed E-state index contributed by atoms with van der Waals surface area (Å²) >= 11 is 5.54. The van der Waals surface area contributed by atoms with Crippen molar-refractivity contribution in [1.82, 2.24) is 5.32 Å². The Hall–Kier alpha value is -2.99. The molecule has 5 heteroatoms. The van der Waals surface area contributed by atoms with E-state index in [0.717, 1.165) is 15.9 Å². The van der Waals surface area contributed by atoms with Crippen molar-refractivity contribution in [3.8, 4) is 6.07 Å². The molecule has 1 amide bonds. The van der Waals surface area contributed by atoms with Gasteiger partial charge in [0.2, 0.25) is 5.91 Å².